The maximum Gasteiger partial charge on any atom is 0.107 e. The summed E-state index contributed by atoms with van der Waals surface area (Å²) >= 11 is 5.79. The van der Waals surface area contributed by atoms with E-state index in [2.05, 4.69) is 18.4 Å². The van der Waals surface area contributed by atoms with Gasteiger partial charge in [-0.25, -0.2) is 4.98 Å². The summed E-state index contributed by atoms with van der Waals surface area (Å²) in [5.74, 6) is 2.45. The lowest BCUT2D eigenvalue weighted by Gasteiger charge is -2.25. The van der Waals surface area contributed by atoms with Crippen molar-refractivity contribution in [1.82, 2.24) is 4.98 Å². The minimum absolute atomic E-state index is 0.506. The van der Waals surface area contributed by atoms with Crippen molar-refractivity contribution in [3.05, 3.63) is 40.2 Å². The Hall–Kier alpha value is -0.960. The molecule has 0 saturated carbocycles. The van der Waals surface area contributed by atoms with Crippen molar-refractivity contribution in [2.75, 3.05) is 11.5 Å². The molecule has 0 aliphatic carbocycles. The van der Waals surface area contributed by atoms with E-state index in [1.54, 1.807) is 11.3 Å². The van der Waals surface area contributed by atoms with Crippen molar-refractivity contribution in [2.24, 2.45) is 0 Å². The number of hydrogen-bond acceptors (Lipinski definition) is 5. The van der Waals surface area contributed by atoms with Crippen LogP contribution in [-0.2, 0) is 0 Å². The average Bonchev–Trinajstić information content (AvgIpc) is 2.97. The Kier molecular flexibility index (Phi) is 4.35. The van der Waals surface area contributed by atoms with Crippen LogP contribution in [0.15, 0.2) is 29.6 Å². The summed E-state index contributed by atoms with van der Waals surface area (Å²) in [5.41, 5.74) is 2.71. The Morgan fingerprint density at radius 2 is 2.15 bits per heavy atom. The predicted molar refractivity (Wildman–Crippen MR) is 89.4 cm³/mol. The smallest absolute Gasteiger partial charge is 0.107 e. The van der Waals surface area contributed by atoms with Crippen LogP contribution in [-0.4, -0.2) is 21.7 Å². The van der Waals surface area contributed by atoms with E-state index < -0.39 is 0 Å². The van der Waals surface area contributed by atoms with Crippen LogP contribution in [0.5, 0.6) is 0 Å². The van der Waals surface area contributed by atoms with E-state index in [1.165, 1.54) is 16.5 Å². The third-order valence-corrected chi connectivity index (χ3v) is 7.42. The molecular weight excluding hydrogens is 304 g/mol. The molecule has 20 heavy (non-hydrogen) atoms. The minimum Gasteiger partial charge on any atom is -0.240 e. The quantitative estimate of drug-likeness (QED) is 0.811. The normalized spacial score (nSPS) is 22.4. The van der Waals surface area contributed by atoms with Gasteiger partial charge in [0.15, 0.2) is 0 Å². The number of hydrogen-bond donors (Lipinski definition) is 0. The molecule has 1 aromatic carbocycles. The van der Waals surface area contributed by atoms with Crippen LogP contribution < -0.4 is 0 Å². The second-order valence-electron chi connectivity index (χ2n) is 4.63. The van der Waals surface area contributed by atoms with Gasteiger partial charge in [0.05, 0.1) is 22.6 Å². The second kappa shape index (κ2) is 6.21. The van der Waals surface area contributed by atoms with Crippen LogP contribution >= 0.6 is 34.9 Å². The highest BCUT2D eigenvalue weighted by Crippen LogP contribution is 2.44. The Bertz CT molecular complexity index is 645. The fraction of sp³-hybridized carbons (Fsp3) is 0.333. The molecule has 102 valence electrons. The number of thiazole rings is 1. The number of nitrogens with zero attached hydrogens (tertiary/aromatic N) is 2. The van der Waals surface area contributed by atoms with E-state index in [0.717, 1.165) is 11.3 Å². The van der Waals surface area contributed by atoms with E-state index in [9.17, 15) is 0 Å². The van der Waals surface area contributed by atoms with Crippen LogP contribution in [0.1, 0.15) is 22.7 Å². The van der Waals surface area contributed by atoms with Crippen molar-refractivity contribution < 1.29 is 0 Å². The van der Waals surface area contributed by atoms with Crippen LogP contribution in [0.25, 0.3) is 11.3 Å². The molecule has 1 saturated heterocycles. The monoisotopic (exact) mass is 318 g/mol. The van der Waals surface area contributed by atoms with E-state index in [1.807, 2.05) is 47.8 Å². The zero-order valence-electron chi connectivity index (χ0n) is 11.1. The standard InChI is InChI=1S/C15H14N2S3/c1-10-14(19-6-5-18-10)15-17-13(9-20-15)12-4-2-3-11(7-12)8-16/h2-4,7,9-10,14H,5-6H2,1H3. The molecule has 1 aromatic heterocycles. The fourth-order valence-corrected chi connectivity index (χ4v) is 6.21. The topological polar surface area (TPSA) is 36.7 Å². The summed E-state index contributed by atoms with van der Waals surface area (Å²) in [6.07, 6.45) is 0. The van der Waals surface area contributed by atoms with Gasteiger partial charge >= 0.3 is 0 Å². The molecule has 0 radical (unpaired) electrons. The SMILES string of the molecule is CC1SCCSC1c1nc(-c2cccc(C#N)c2)cs1. The summed E-state index contributed by atoms with van der Waals surface area (Å²) in [5, 5.41) is 13.4. The van der Waals surface area contributed by atoms with Gasteiger partial charge in [0, 0.05) is 27.7 Å². The molecule has 5 heteroatoms. The first-order chi connectivity index (χ1) is 9.78. The number of aromatic nitrogens is 1. The maximum atomic E-state index is 8.98. The lowest BCUT2D eigenvalue weighted by molar-refractivity contribution is 0.896. The van der Waals surface area contributed by atoms with Gasteiger partial charge in [0.1, 0.15) is 5.01 Å². The molecule has 2 aromatic rings. The van der Waals surface area contributed by atoms with Gasteiger partial charge in [-0.2, -0.15) is 17.0 Å². The summed E-state index contributed by atoms with van der Waals surface area (Å²) in [7, 11) is 0. The van der Waals surface area contributed by atoms with Gasteiger partial charge < -0.3 is 0 Å². The molecule has 2 atom stereocenters. The van der Waals surface area contributed by atoms with Gasteiger partial charge in [0.25, 0.3) is 0 Å². The Morgan fingerprint density at radius 3 is 2.95 bits per heavy atom. The number of thioether (sulfide) groups is 2. The van der Waals surface area contributed by atoms with Crippen molar-refractivity contribution in [3.8, 4) is 17.3 Å². The molecule has 1 aliphatic rings. The lowest BCUT2D eigenvalue weighted by atomic mass is 10.1. The highest BCUT2D eigenvalue weighted by atomic mass is 32.2. The molecule has 2 heterocycles. The van der Waals surface area contributed by atoms with Crippen molar-refractivity contribution in [2.45, 2.75) is 17.4 Å². The average molecular weight is 318 g/mol. The first-order valence-corrected chi connectivity index (χ1v) is 9.45. The van der Waals surface area contributed by atoms with E-state index >= 15 is 0 Å². The van der Waals surface area contributed by atoms with Crippen molar-refractivity contribution in [1.29, 1.82) is 5.26 Å². The number of nitriles is 1. The van der Waals surface area contributed by atoms with E-state index in [-0.39, 0.29) is 0 Å². The van der Waals surface area contributed by atoms with E-state index in [4.69, 9.17) is 10.2 Å². The zero-order valence-corrected chi connectivity index (χ0v) is 13.5. The van der Waals surface area contributed by atoms with Crippen LogP contribution in [0.4, 0.5) is 0 Å². The third kappa shape index (κ3) is 2.88. The van der Waals surface area contributed by atoms with Gasteiger partial charge in [-0.1, -0.05) is 19.1 Å². The summed E-state index contributed by atoms with van der Waals surface area (Å²) < 4.78 is 0. The Morgan fingerprint density at radius 1 is 1.30 bits per heavy atom. The largest absolute Gasteiger partial charge is 0.240 e. The molecule has 1 aliphatic heterocycles. The van der Waals surface area contributed by atoms with Gasteiger partial charge in [-0.05, 0) is 12.1 Å². The van der Waals surface area contributed by atoms with Gasteiger partial charge in [-0.3, -0.25) is 0 Å². The summed E-state index contributed by atoms with van der Waals surface area (Å²) in [6, 6.07) is 9.85. The van der Waals surface area contributed by atoms with E-state index in [0.29, 0.717) is 16.1 Å². The molecule has 0 amide bonds. The maximum absolute atomic E-state index is 8.98. The molecule has 2 nitrogen and oxygen atoms in total. The van der Waals surface area contributed by atoms with Crippen LogP contribution in [0.3, 0.4) is 0 Å². The van der Waals surface area contributed by atoms with Gasteiger partial charge in [-0.15, -0.1) is 23.1 Å². The number of benzene rings is 1. The fourth-order valence-electron chi connectivity index (χ4n) is 2.20. The summed E-state index contributed by atoms with van der Waals surface area (Å²) in [6.45, 7) is 2.29. The van der Waals surface area contributed by atoms with Crippen LogP contribution in [0.2, 0.25) is 0 Å². The molecule has 3 rings (SSSR count). The first-order valence-electron chi connectivity index (χ1n) is 6.47. The Balaban J connectivity index is 1.88. The molecule has 0 N–H and O–H groups in total. The molecule has 0 spiro atoms. The Labute approximate surface area is 131 Å². The molecule has 2 unspecified atom stereocenters. The predicted octanol–water partition coefficient (Wildman–Crippen LogP) is 4.59. The molecule has 0 bridgehead atoms. The van der Waals surface area contributed by atoms with Crippen LogP contribution in [0, 0.1) is 11.3 Å². The molecular formula is C15H14N2S3. The lowest BCUT2D eigenvalue weighted by Crippen LogP contribution is -2.15. The van der Waals surface area contributed by atoms with Crippen molar-refractivity contribution >= 4 is 34.9 Å². The summed E-state index contributed by atoms with van der Waals surface area (Å²) in [4.78, 5) is 4.80. The highest BCUT2D eigenvalue weighted by Gasteiger charge is 2.26. The third-order valence-electron chi connectivity index (χ3n) is 3.24. The zero-order chi connectivity index (χ0) is 13.9. The minimum atomic E-state index is 0.506. The highest BCUT2D eigenvalue weighted by molar-refractivity contribution is 8.06. The van der Waals surface area contributed by atoms with Crippen molar-refractivity contribution in [3.63, 3.8) is 0 Å². The van der Waals surface area contributed by atoms with Gasteiger partial charge in [0.2, 0.25) is 0 Å². The second-order valence-corrected chi connectivity index (χ2v) is 8.26. The molecule has 1 fully saturated rings. The first kappa shape index (κ1) is 14.0. The number of rotatable bonds is 2.